The van der Waals surface area contributed by atoms with Crippen LogP contribution in [-0.2, 0) is 18.6 Å². The minimum absolute atomic E-state index is 0.0343. The first-order chi connectivity index (χ1) is 15.6. The van der Waals surface area contributed by atoms with Gasteiger partial charge in [0.05, 0.1) is 6.61 Å². The van der Waals surface area contributed by atoms with Crippen molar-refractivity contribution in [2.45, 2.75) is 126 Å². The second kappa shape index (κ2) is 20.2. The molecule has 0 aliphatic heterocycles. The first-order valence-corrected chi connectivity index (χ1v) is 15.1. The summed E-state index contributed by atoms with van der Waals surface area (Å²) in [5.41, 5.74) is -1.53. The number of halogens is 3. The highest BCUT2D eigenvalue weighted by atomic mass is 35.6. The van der Waals surface area contributed by atoms with Gasteiger partial charge in [0.2, 0.25) is 0 Å². The van der Waals surface area contributed by atoms with Crippen LogP contribution in [0.15, 0.2) is 0 Å². The van der Waals surface area contributed by atoms with Crippen molar-refractivity contribution < 1.29 is 28.3 Å². The van der Waals surface area contributed by atoms with Crippen molar-refractivity contribution in [3.8, 4) is 0 Å². The summed E-state index contributed by atoms with van der Waals surface area (Å²) < 4.78 is 17.9. The fourth-order valence-corrected chi connectivity index (χ4v) is 4.41. The molecule has 196 valence electrons. The number of carbonyl (C=O) groups is 2. The number of alkyl halides is 3. The van der Waals surface area contributed by atoms with E-state index in [1.54, 1.807) is 0 Å². The lowest BCUT2D eigenvalue weighted by atomic mass is 10.0. The predicted octanol–water partition coefficient (Wildman–Crippen LogP) is 9.26. The van der Waals surface area contributed by atoms with Crippen LogP contribution in [0.25, 0.3) is 0 Å². The molecule has 33 heavy (non-hydrogen) atoms. The summed E-state index contributed by atoms with van der Waals surface area (Å²) in [6, 6.07) is 0. The number of carbonyl (C=O) groups excluding carboxylic acids is 2. The molecule has 0 saturated carbocycles. The molecular formula is C23H42Cl3O6P. The Kier molecular flexibility index (Phi) is 20.2. The Balaban J connectivity index is 3.45. The molecule has 0 heterocycles. The maximum absolute atomic E-state index is 11.7. The van der Waals surface area contributed by atoms with E-state index in [1.807, 2.05) is 0 Å². The predicted molar refractivity (Wildman–Crippen MR) is 136 cm³/mol. The summed E-state index contributed by atoms with van der Waals surface area (Å²) in [4.78, 5) is 32.3. The molecule has 10 heteroatoms. The van der Waals surface area contributed by atoms with Crippen LogP contribution in [0.4, 0.5) is 4.79 Å². The van der Waals surface area contributed by atoms with Gasteiger partial charge in [0.1, 0.15) is 0 Å². The maximum atomic E-state index is 11.7. The first-order valence-electron chi connectivity index (χ1n) is 12.4. The third-order valence-corrected chi connectivity index (χ3v) is 6.86. The Morgan fingerprint density at radius 3 is 1.36 bits per heavy atom. The topological polar surface area (TPSA) is 89.9 Å². The molecule has 1 atom stereocenters. The van der Waals surface area contributed by atoms with Crippen molar-refractivity contribution in [2.24, 2.45) is 0 Å². The molecule has 0 aromatic carbocycles. The summed E-state index contributed by atoms with van der Waals surface area (Å²) in [7, 11) is -4.99. The van der Waals surface area contributed by atoms with Crippen LogP contribution in [0.1, 0.15) is 122 Å². The molecule has 0 aromatic heterocycles. The van der Waals surface area contributed by atoms with Gasteiger partial charge in [-0.15, -0.1) is 0 Å². The Bertz CT molecular complexity index is 569. The fraction of sp³-hybridized carbons (Fsp3) is 0.913. The van der Waals surface area contributed by atoms with Gasteiger partial charge in [-0.25, -0.2) is 14.2 Å². The third kappa shape index (κ3) is 19.9. The molecule has 0 fully saturated rings. The Morgan fingerprint density at radius 1 is 0.697 bits per heavy atom. The Morgan fingerprint density at radius 2 is 1.03 bits per heavy atom. The van der Waals surface area contributed by atoms with Gasteiger partial charge in [-0.05, 0) is 6.42 Å². The number of ether oxygens (including phenoxy) is 1. The van der Waals surface area contributed by atoms with Crippen LogP contribution in [-0.4, -0.2) is 27.0 Å². The molecule has 0 radical (unpaired) electrons. The van der Waals surface area contributed by atoms with Gasteiger partial charge in [0.15, 0.2) is 0 Å². The lowest BCUT2D eigenvalue weighted by Crippen LogP contribution is -2.22. The quantitative estimate of drug-likeness (QED) is 0.0868. The maximum Gasteiger partial charge on any atom is 0.487 e. The van der Waals surface area contributed by atoms with Crippen molar-refractivity contribution in [3.63, 3.8) is 0 Å². The monoisotopic (exact) mass is 550 g/mol. The third-order valence-electron chi connectivity index (χ3n) is 5.39. The number of unbranched alkanes of at least 4 members (excludes halogenated alkanes) is 17. The molecule has 0 spiro atoms. The van der Waals surface area contributed by atoms with Gasteiger partial charge < -0.3 is 14.2 Å². The number of rotatable bonds is 21. The number of hydrogen-bond acceptors (Lipinski definition) is 5. The normalized spacial score (nSPS) is 13.5. The van der Waals surface area contributed by atoms with Crippen LogP contribution in [0.2, 0.25) is 0 Å². The van der Waals surface area contributed by atoms with E-state index in [4.69, 9.17) is 39.5 Å². The van der Waals surface area contributed by atoms with E-state index < -0.39 is 23.1 Å². The summed E-state index contributed by atoms with van der Waals surface area (Å²) in [5, 5.41) is 0. The van der Waals surface area contributed by atoms with Crippen LogP contribution in [0.5, 0.6) is 0 Å². The smallest absolute Gasteiger partial charge is 0.456 e. The highest BCUT2D eigenvalue weighted by molar-refractivity contribution is 7.70. The molecule has 1 unspecified atom stereocenters. The SMILES string of the molecule is CCCCCCCCCCCCCCCCCCCCOC(=O)P(=O)(O)OC(=O)C(Cl)(Cl)Cl. The molecule has 0 saturated heterocycles. The Hall–Kier alpha value is -0.000000000000000111. The zero-order valence-corrected chi connectivity index (χ0v) is 23.2. The average molecular weight is 552 g/mol. The number of hydrogen-bond donors (Lipinski definition) is 1. The van der Waals surface area contributed by atoms with E-state index in [0.29, 0.717) is 6.42 Å². The molecule has 1 N–H and O–H groups in total. The minimum atomic E-state index is -4.99. The average Bonchev–Trinajstić information content (AvgIpc) is 2.74. The van der Waals surface area contributed by atoms with Crippen molar-refractivity contribution in [1.29, 1.82) is 0 Å². The molecule has 0 aliphatic carbocycles. The van der Waals surface area contributed by atoms with Crippen molar-refractivity contribution in [3.05, 3.63) is 0 Å². The molecule has 0 amide bonds. The zero-order chi connectivity index (χ0) is 25.0. The molecule has 0 aromatic rings. The molecule has 0 rings (SSSR count). The van der Waals surface area contributed by atoms with E-state index in [0.717, 1.165) is 19.3 Å². The van der Waals surface area contributed by atoms with Gasteiger partial charge in [0, 0.05) is 0 Å². The van der Waals surface area contributed by atoms with Gasteiger partial charge in [-0.3, -0.25) is 0 Å². The van der Waals surface area contributed by atoms with Crippen molar-refractivity contribution in [2.75, 3.05) is 6.61 Å². The van der Waals surface area contributed by atoms with Crippen LogP contribution in [0, 0.1) is 0 Å². The second-order valence-electron chi connectivity index (χ2n) is 8.52. The van der Waals surface area contributed by atoms with E-state index in [1.165, 1.54) is 89.9 Å². The molecule has 6 nitrogen and oxygen atoms in total. The molecule has 0 bridgehead atoms. The van der Waals surface area contributed by atoms with Gasteiger partial charge in [0.25, 0.3) is 3.79 Å². The highest BCUT2D eigenvalue weighted by Gasteiger charge is 2.43. The minimum Gasteiger partial charge on any atom is -0.456 e. The summed E-state index contributed by atoms with van der Waals surface area (Å²) in [6.45, 7) is 2.22. The van der Waals surface area contributed by atoms with E-state index >= 15 is 0 Å². The van der Waals surface area contributed by atoms with E-state index in [2.05, 4.69) is 11.4 Å². The molecular weight excluding hydrogens is 510 g/mol. The summed E-state index contributed by atoms with van der Waals surface area (Å²) >= 11 is 15.7. The van der Waals surface area contributed by atoms with Gasteiger partial charge >= 0.3 is 19.3 Å². The standard InChI is InChI=1S/C23H42Cl3O6P/c1-2-3-4-5-6-7-8-9-10-11-12-13-14-15-16-17-18-19-20-31-22(28)33(29,30)32-21(27)23(24,25)26/h2-20H2,1H3,(H,29,30). The highest BCUT2D eigenvalue weighted by Crippen LogP contribution is 2.47. The fourth-order valence-electron chi connectivity index (χ4n) is 3.45. The van der Waals surface area contributed by atoms with Gasteiger partial charge in [-0.2, -0.15) is 0 Å². The van der Waals surface area contributed by atoms with Gasteiger partial charge in [-0.1, -0.05) is 151 Å². The molecule has 0 aliphatic rings. The van der Waals surface area contributed by atoms with E-state index in [-0.39, 0.29) is 6.61 Å². The van der Waals surface area contributed by atoms with Crippen molar-refractivity contribution in [1.82, 2.24) is 0 Å². The second-order valence-corrected chi connectivity index (χ2v) is 12.4. The van der Waals surface area contributed by atoms with Crippen LogP contribution in [0.3, 0.4) is 0 Å². The Labute approximate surface area is 214 Å². The summed E-state index contributed by atoms with van der Waals surface area (Å²) in [6.07, 6.45) is 22.3. The zero-order valence-electron chi connectivity index (χ0n) is 20.0. The van der Waals surface area contributed by atoms with Crippen LogP contribution < -0.4 is 0 Å². The summed E-state index contributed by atoms with van der Waals surface area (Å²) in [5.74, 6) is -1.61. The largest absolute Gasteiger partial charge is 0.487 e. The van der Waals surface area contributed by atoms with Crippen molar-refractivity contribution >= 4 is 54.1 Å². The lowest BCUT2D eigenvalue weighted by Gasteiger charge is -2.14. The van der Waals surface area contributed by atoms with E-state index in [9.17, 15) is 19.0 Å². The first kappa shape index (κ1) is 33.0. The van der Waals surface area contributed by atoms with Crippen LogP contribution >= 0.6 is 42.4 Å². The lowest BCUT2D eigenvalue weighted by molar-refractivity contribution is -0.133.